The van der Waals surface area contributed by atoms with Crippen LogP contribution in [-0.2, 0) is 36.8 Å². The molecule has 0 spiro atoms. The van der Waals surface area contributed by atoms with E-state index >= 15 is 0 Å². The van der Waals surface area contributed by atoms with Crippen LogP contribution in [0.1, 0.15) is 43.4 Å². The number of carbonyl (C=O) groups is 5. The third kappa shape index (κ3) is 9.93. The maximum absolute atomic E-state index is 13.4. The Morgan fingerprint density at radius 2 is 1.56 bits per heavy atom. The van der Waals surface area contributed by atoms with Gasteiger partial charge in [0.2, 0.25) is 17.7 Å². The van der Waals surface area contributed by atoms with Gasteiger partial charge >= 0.3 is 11.9 Å². The molecule has 3 amide bonds. The van der Waals surface area contributed by atoms with Gasteiger partial charge in [-0.2, -0.15) is 0 Å². The number of carbonyl (C=O) groups excluding carboxylic acids is 3. The van der Waals surface area contributed by atoms with Gasteiger partial charge in [0.25, 0.3) is 0 Å². The monoisotopic (exact) mass is 598 g/mol. The second-order valence-electron chi connectivity index (χ2n) is 10.2. The van der Waals surface area contributed by atoms with Gasteiger partial charge in [0.05, 0.1) is 12.4 Å². The van der Waals surface area contributed by atoms with Crippen molar-refractivity contribution in [2.45, 2.75) is 69.1 Å². The summed E-state index contributed by atoms with van der Waals surface area (Å²) in [6.07, 6.45) is 5.25. The highest BCUT2D eigenvalue weighted by molar-refractivity contribution is 5.94. The predicted octanol–water partition coefficient (Wildman–Crippen LogP) is -0.464. The van der Waals surface area contributed by atoms with Crippen molar-refractivity contribution in [2.75, 3.05) is 6.54 Å². The number of amides is 3. The van der Waals surface area contributed by atoms with Gasteiger partial charge in [0.1, 0.15) is 18.1 Å². The van der Waals surface area contributed by atoms with Crippen LogP contribution in [0.15, 0.2) is 43.0 Å². The van der Waals surface area contributed by atoms with E-state index in [1.165, 1.54) is 12.5 Å². The molecule has 4 unspecified atom stereocenters. The number of nitrogens with one attached hydrogen (secondary N) is 5. The molecule has 4 atom stereocenters. The number of aliphatic carboxylic acids is 2. The first-order valence-corrected chi connectivity index (χ1v) is 13.9. The minimum Gasteiger partial charge on any atom is -0.481 e. The Hall–Kier alpha value is -4.76. The van der Waals surface area contributed by atoms with Crippen LogP contribution in [0.4, 0.5) is 0 Å². The van der Waals surface area contributed by atoms with Crippen molar-refractivity contribution in [1.29, 1.82) is 0 Å². The van der Waals surface area contributed by atoms with Gasteiger partial charge < -0.3 is 47.6 Å². The van der Waals surface area contributed by atoms with Gasteiger partial charge in [-0.3, -0.25) is 19.2 Å². The van der Waals surface area contributed by atoms with Crippen molar-refractivity contribution in [3.8, 4) is 0 Å². The highest BCUT2D eigenvalue weighted by atomic mass is 16.4. The van der Waals surface area contributed by atoms with Crippen molar-refractivity contribution in [2.24, 2.45) is 11.5 Å². The van der Waals surface area contributed by atoms with Gasteiger partial charge in [-0.1, -0.05) is 24.6 Å². The third-order valence-corrected chi connectivity index (χ3v) is 6.91. The van der Waals surface area contributed by atoms with E-state index in [2.05, 4.69) is 30.9 Å². The maximum Gasteiger partial charge on any atom is 0.326 e. The number of rotatable bonds is 18. The number of hydrogen-bond acceptors (Lipinski definition) is 8. The molecular formula is C28H38N8O7. The van der Waals surface area contributed by atoms with E-state index in [9.17, 15) is 34.2 Å². The molecule has 0 radical (unpaired) electrons. The lowest BCUT2D eigenvalue weighted by atomic mass is 10.0. The molecule has 2 heterocycles. The lowest BCUT2D eigenvalue weighted by Gasteiger charge is -2.25. The van der Waals surface area contributed by atoms with Crippen LogP contribution in [0.2, 0.25) is 0 Å². The molecule has 0 aliphatic carbocycles. The lowest BCUT2D eigenvalue weighted by Crippen LogP contribution is -2.57. The van der Waals surface area contributed by atoms with E-state index in [0.717, 1.165) is 10.9 Å². The lowest BCUT2D eigenvalue weighted by molar-refractivity contribution is -0.143. The Bertz CT molecular complexity index is 1390. The predicted molar refractivity (Wildman–Crippen MR) is 155 cm³/mol. The van der Waals surface area contributed by atoms with Crippen LogP contribution in [0, 0.1) is 0 Å². The number of aromatic nitrogens is 3. The number of unbranched alkanes of at least 4 members (excludes halogenated alkanes) is 1. The summed E-state index contributed by atoms with van der Waals surface area (Å²) in [4.78, 5) is 72.7. The van der Waals surface area contributed by atoms with Gasteiger partial charge in [-0.25, -0.2) is 9.78 Å². The number of carboxylic acid groups (broad SMARTS) is 2. The molecule has 15 nitrogen and oxygen atoms in total. The quantitative estimate of drug-likeness (QED) is 0.0851. The second-order valence-corrected chi connectivity index (χ2v) is 10.2. The Morgan fingerprint density at radius 3 is 2.23 bits per heavy atom. The fourth-order valence-corrected chi connectivity index (χ4v) is 4.55. The van der Waals surface area contributed by atoms with Crippen LogP contribution in [0.25, 0.3) is 10.9 Å². The largest absolute Gasteiger partial charge is 0.481 e. The van der Waals surface area contributed by atoms with Gasteiger partial charge in [-0.05, 0) is 37.4 Å². The molecule has 11 N–H and O–H groups in total. The van der Waals surface area contributed by atoms with Crippen molar-refractivity contribution >= 4 is 40.6 Å². The number of aromatic amines is 2. The van der Waals surface area contributed by atoms with Crippen LogP contribution in [0.3, 0.4) is 0 Å². The molecule has 0 aliphatic heterocycles. The summed E-state index contributed by atoms with van der Waals surface area (Å²) >= 11 is 0. The molecule has 43 heavy (non-hydrogen) atoms. The SMILES string of the molecule is NCCCCC(N)C(=O)NC(Cc1cnc[nH]1)C(=O)NC(CCC(=O)O)C(=O)NC(Cc1c[nH]c2ccccc12)C(=O)O. The maximum atomic E-state index is 13.4. The minimum absolute atomic E-state index is 0.0291. The summed E-state index contributed by atoms with van der Waals surface area (Å²) in [5.74, 6) is -4.78. The van der Waals surface area contributed by atoms with E-state index in [0.29, 0.717) is 37.1 Å². The van der Waals surface area contributed by atoms with Gasteiger partial charge in [0, 0.05) is 48.3 Å². The van der Waals surface area contributed by atoms with Gasteiger partial charge in [0.15, 0.2) is 0 Å². The molecule has 232 valence electrons. The molecule has 15 heteroatoms. The number of hydrogen-bond donors (Lipinski definition) is 9. The van der Waals surface area contributed by atoms with Gasteiger partial charge in [-0.15, -0.1) is 0 Å². The number of para-hydroxylation sites is 1. The summed E-state index contributed by atoms with van der Waals surface area (Å²) in [6.45, 7) is 0.448. The molecule has 0 saturated carbocycles. The van der Waals surface area contributed by atoms with E-state index in [1.54, 1.807) is 12.3 Å². The zero-order valence-electron chi connectivity index (χ0n) is 23.5. The van der Waals surface area contributed by atoms with E-state index in [4.69, 9.17) is 11.5 Å². The fourth-order valence-electron chi connectivity index (χ4n) is 4.55. The smallest absolute Gasteiger partial charge is 0.326 e. The topological polar surface area (TPSA) is 258 Å². The molecular weight excluding hydrogens is 560 g/mol. The highest BCUT2D eigenvalue weighted by Gasteiger charge is 2.31. The number of benzene rings is 1. The first-order valence-electron chi connectivity index (χ1n) is 13.9. The Labute approximate surface area is 247 Å². The van der Waals surface area contributed by atoms with Crippen LogP contribution in [-0.4, -0.2) is 85.5 Å². The summed E-state index contributed by atoms with van der Waals surface area (Å²) < 4.78 is 0. The number of H-pyrrole nitrogens is 2. The van der Waals surface area contributed by atoms with Crippen molar-refractivity contribution in [3.63, 3.8) is 0 Å². The molecule has 0 bridgehead atoms. The van der Waals surface area contributed by atoms with Crippen LogP contribution >= 0.6 is 0 Å². The zero-order valence-corrected chi connectivity index (χ0v) is 23.5. The summed E-state index contributed by atoms with van der Waals surface area (Å²) in [5, 5.41) is 27.4. The number of carboxylic acids is 2. The Balaban J connectivity index is 1.75. The van der Waals surface area contributed by atoms with Crippen LogP contribution in [0.5, 0.6) is 0 Å². The number of nitrogens with zero attached hydrogens (tertiary/aromatic N) is 1. The molecule has 0 fully saturated rings. The van der Waals surface area contributed by atoms with Crippen LogP contribution < -0.4 is 27.4 Å². The van der Waals surface area contributed by atoms with Crippen molar-refractivity contribution in [1.82, 2.24) is 30.9 Å². The number of fused-ring (bicyclic) bond motifs is 1. The highest BCUT2D eigenvalue weighted by Crippen LogP contribution is 2.19. The molecule has 0 saturated heterocycles. The summed E-state index contributed by atoms with van der Waals surface area (Å²) in [7, 11) is 0. The van der Waals surface area contributed by atoms with E-state index in [1.807, 2.05) is 18.2 Å². The van der Waals surface area contributed by atoms with Crippen molar-refractivity contribution < 1.29 is 34.2 Å². The number of nitrogens with two attached hydrogens (primary N) is 2. The molecule has 0 aliphatic rings. The average Bonchev–Trinajstić information content (AvgIpc) is 3.64. The standard InChI is InChI=1S/C28H38N8O7/c29-10-4-3-6-19(30)25(39)35-22(12-17-14-31-15-33-17)27(41)34-21(8-9-24(37)38)26(40)36-23(28(42)43)11-16-13-32-20-7-2-1-5-18(16)20/h1-2,5,7,13-15,19,21-23,32H,3-4,6,8-12,29-30H2,(H,31,33)(H,34,41)(H,35,39)(H,36,40)(H,37,38)(H,42,43). The first kappa shape index (κ1) is 32.8. The summed E-state index contributed by atoms with van der Waals surface area (Å²) in [5.41, 5.74) is 13.4. The molecule has 1 aromatic carbocycles. The molecule has 2 aromatic heterocycles. The minimum atomic E-state index is -1.41. The Morgan fingerprint density at radius 1 is 0.860 bits per heavy atom. The summed E-state index contributed by atoms with van der Waals surface area (Å²) in [6, 6.07) is 2.39. The van der Waals surface area contributed by atoms with Crippen molar-refractivity contribution in [3.05, 3.63) is 54.2 Å². The normalized spacial score (nSPS) is 13.9. The molecule has 3 rings (SSSR count). The van der Waals surface area contributed by atoms with E-state index in [-0.39, 0.29) is 19.3 Å². The first-order chi connectivity index (χ1) is 20.6. The fraction of sp³-hybridized carbons (Fsp3) is 0.429. The average molecular weight is 599 g/mol. The third-order valence-electron chi connectivity index (χ3n) is 6.91. The zero-order chi connectivity index (χ0) is 31.4. The molecule has 3 aromatic rings. The second kappa shape index (κ2) is 16.0. The van der Waals surface area contributed by atoms with E-state index < -0.39 is 60.2 Å². The number of imidazole rings is 1. The Kier molecular flexibility index (Phi) is 12.2.